The Morgan fingerprint density at radius 3 is 2.55 bits per heavy atom. The van der Waals surface area contributed by atoms with Gasteiger partial charge in [-0.15, -0.1) is 0 Å². The fraction of sp³-hybridized carbons (Fsp3) is 0.304. The maximum absolute atomic E-state index is 13.1. The Morgan fingerprint density at radius 2 is 1.90 bits per heavy atom. The second kappa shape index (κ2) is 7.76. The zero-order chi connectivity index (χ0) is 22.3. The summed E-state index contributed by atoms with van der Waals surface area (Å²) in [5.74, 6) is 0.377. The second-order valence-electron chi connectivity index (χ2n) is 7.60. The van der Waals surface area contributed by atoms with Crippen LogP contribution in [0.1, 0.15) is 39.4 Å². The molecule has 3 heterocycles. The average molecular weight is 418 g/mol. The maximum atomic E-state index is 13.1. The van der Waals surface area contributed by atoms with E-state index in [0.29, 0.717) is 36.3 Å². The quantitative estimate of drug-likeness (QED) is 0.591. The Bertz CT molecular complexity index is 1350. The number of ketones is 1. The summed E-state index contributed by atoms with van der Waals surface area (Å²) in [6, 6.07) is 11.1. The smallest absolute Gasteiger partial charge is 0.331 e. The van der Waals surface area contributed by atoms with Crippen molar-refractivity contribution < 1.29 is 9.53 Å². The van der Waals surface area contributed by atoms with Crippen LogP contribution in [0.3, 0.4) is 0 Å². The minimum absolute atomic E-state index is 0.0476. The maximum Gasteiger partial charge on any atom is 0.331 e. The van der Waals surface area contributed by atoms with Crippen LogP contribution in [0.15, 0.2) is 39.9 Å². The minimum Gasteiger partial charge on any atom is -0.497 e. The number of nitrogens with zero attached hydrogens (tertiary/aromatic N) is 4. The summed E-state index contributed by atoms with van der Waals surface area (Å²) in [5.41, 5.74) is 2.06. The first-order chi connectivity index (χ1) is 14.9. The van der Waals surface area contributed by atoms with Gasteiger partial charge < -0.3 is 9.30 Å². The van der Waals surface area contributed by atoms with Gasteiger partial charge in [-0.25, -0.2) is 4.79 Å². The molecule has 31 heavy (non-hydrogen) atoms. The molecule has 3 aromatic rings. The number of aromatic nitrogens is 3. The van der Waals surface area contributed by atoms with E-state index in [-0.39, 0.29) is 11.3 Å². The first-order valence-electron chi connectivity index (χ1n) is 10.0. The van der Waals surface area contributed by atoms with Crippen molar-refractivity contribution in [2.45, 2.75) is 39.8 Å². The zero-order valence-corrected chi connectivity index (χ0v) is 17.6. The van der Waals surface area contributed by atoms with Crippen LogP contribution in [0.4, 0.5) is 0 Å². The molecule has 2 aromatic heterocycles. The highest BCUT2D eigenvalue weighted by molar-refractivity contribution is 5.97. The fourth-order valence-electron chi connectivity index (χ4n) is 4.29. The third kappa shape index (κ3) is 3.28. The summed E-state index contributed by atoms with van der Waals surface area (Å²) in [5, 5.41) is 9.42. The summed E-state index contributed by atoms with van der Waals surface area (Å²) in [6.07, 6.45) is 1.22. The number of hydrogen-bond donors (Lipinski definition) is 0. The van der Waals surface area contributed by atoms with E-state index in [0.717, 1.165) is 21.7 Å². The molecule has 0 N–H and O–H groups in total. The molecule has 158 valence electrons. The van der Waals surface area contributed by atoms with Gasteiger partial charge in [0.05, 0.1) is 13.7 Å². The molecule has 8 nitrogen and oxygen atoms in total. The highest BCUT2D eigenvalue weighted by Crippen LogP contribution is 2.23. The van der Waals surface area contributed by atoms with Gasteiger partial charge in [0, 0.05) is 34.9 Å². The summed E-state index contributed by atoms with van der Waals surface area (Å²) < 4.78 is 9.46. The van der Waals surface area contributed by atoms with E-state index in [4.69, 9.17) is 4.74 Å². The van der Waals surface area contributed by atoms with Crippen LogP contribution in [-0.4, -0.2) is 26.6 Å². The van der Waals surface area contributed by atoms with Crippen LogP contribution in [0.25, 0.3) is 5.69 Å². The standard InChI is InChI=1S/C23H22N4O4/c1-14-11-18(15(2)27(14)16-6-8-17(31-3)9-7-16)21(28)13-26-22(29)19(12-24)20-5-4-10-25(20)23(26)30/h6-9,11H,4-5,10,13H2,1-3H3. The van der Waals surface area contributed by atoms with E-state index >= 15 is 0 Å². The van der Waals surface area contributed by atoms with E-state index in [1.165, 1.54) is 4.57 Å². The van der Waals surface area contributed by atoms with E-state index in [1.807, 2.05) is 48.7 Å². The molecule has 1 aromatic carbocycles. The van der Waals surface area contributed by atoms with Crippen molar-refractivity contribution in [2.24, 2.45) is 0 Å². The number of methoxy groups -OCH3 is 1. The fourth-order valence-corrected chi connectivity index (χ4v) is 4.29. The molecule has 0 saturated carbocycles. The van der Waals surface area contributed by atoms with Crippen molar-refractivity contribution in [1.29, 1.82) is 5.26 Å². The molecule has 0 unspecified atom stereocenters. The van der Waals surface area contributed by atoms with Crippen LogP contribution in [0, 0.1) is 25.2 Å². The van der Waals surface area contributed by atoms with Gasteiger partial charge >= 0.3 is 5.69 Å². The lowest BCUT2D eigenvalue weighted by molar-refractivity contribution is 0.0968. The molecular formula is C23H22N4O4. The van der Waals surface area contributed by atoms with Gasteiger partial charge in [-0.1, -0.05) is 0 Å². The predicted molar refractivity (Wildman–Crippen MR) is 114 cm³/mol. The molecule has 8 heteroatoms. The van der Waals surface area contributed by atoms with E-state index < -0.39 is 17.8 Å². The van der Waals surface area contributed by atoms with Gasteiger partial charge in [0.15, 0.2) is 5.78 Å². The van der Waals surface area contributed by atoms with Crippen molar-refractivity contribution in [2.75, 3.05) is 7.11 Å². The van der Waals surface area contributed by atoms with Crippen molar-refractivity contribution >= 4 is 5.78 Å². The molecule has 1 aliphatic rings. The monoisotopic (exact) mass is 418 g/mol. The number of hydrogen-bond acceptors (Lipinski definition) is 5. The largest absolute Gasteiger partial charge is 0.497 e. The number of carbonyl (C=O) groups is 1. The van der Waals surface area contributed by atoms with Gasteiger partial charge in [-0.2, -0.15) is 5.26 Å². The van der Waals surface area contributed by atoms with Crippen molar-refractivity contribution in [3.8, 4) is 17.5 Å². The molecule has 1 aliphatic heterocycles. The third-order valence-electron chi connectivity index (χ3n) is 5.81. The molecule has 0 aliphatic carbocycles. The van der Waals surface area contributed by atoms with Crippen molar-refractivity contribution in [3.63, 3.8) is 0 Å². The highest BCUT2D eigenvalue weighted by Gasteiger charge is 2.25. The Balaban J connectivity index is 1.74. The highest BCUT2D eigenvalue weighted by atomic mass is 16.5. The molecule has 0 radical (unpaired) electrons. The number of carbonyl (C=O) groups excluding carboxylic acids is 1. The molecule has 0 amide bonds. The van der Waals surface area contributed by atoms with Gasteiger partial charge in [0.1, 0.15) is 17.4 Å². The van der Waals surface area contributed by atoms with Crippen molar-refractivity contribution in [3.05, 3.63) is 79.4 Å². The topological polar surface area (TPSA) is 99.0 Å². The Kier molecular flexibility index (Phi) is 5.11. The molecule has 0 spiro atoms. The number of Topliss-reactive ketones (excluding diaryl/α,β-unsaturated/α-hetero) is 1. The predicted octanol–water partition coefficient (Wildman–Crippen LogP) is 2.13. The number of aryl methyl sites for hydroxylation is 1. The lowest BCUT2D eigenvalue weighted by Crippen LogP contribution is -2.43. The van der Waals surface area contributed by atoms with Crippen molar-refractivity contribution in [1.82, 2.24) is 13.7 Å². The molecule has 0 atom stereocenters. The Hall–Kier alpha value is -3.86. The van der Waals surface area contributed by atoms with Crippen LogP contribution in [-0.2, 0) is 19.5 Å². The lowest BCUT2D eigenvalue weighted by atomic mass is 10.1. The first kappa shape index (κ1) is 20.4. The Morgan fingerprint density at radius 1 is 1.19 bits per heavy atom. The number of nitriles is 1. The lowest BCUT2D eigenvalue weighted by Gasteiger charge is -2.12. The van der Waals surface area contributed by atoms with Crippen LogP contribution >= 0.6 is 0 Å². The number of ether oxygens (including phenoxy) is 1. The zero-order valence-electron chi connectivity index (χ0n) is 17.6. The summed E-state index contributed by atoms with van der Waals surface area (Å²) >= 11 is 0. The van der Waals surface area contributed by atoms with Crippen LogP contribution in [0.5, 0.6) is 5.75 Å². The molecular weight excluding hydrogens is 396 g/mol. The number of rotatable bonds is 5. The average Bonchev–Trinajstić information content (AvgIpc) is 3.36. The number of benzene rings is 1. The SMILES string of the molecule is COc1ccc(-n2c(C)cc(C(=O)Cn3c(=O)c(C#N)c4n(c3=O)CCC4)c2C)cc1. The summed E-state index contributed by atoms with van der Waals surface area (Å²) in [4.78, 5) is 38.7. The normalized spacial score (nSPS) is 12.5. The van der Waals surface area contributed by atoms with Crippen LogP contribution in [0.2, 0.25) is 0 Å². The molecule has 0 fully saturated rings. The molecule has 0 saturated heterocycles. The van der Waals surface area contributed by atoms with Gasteiger partial charge in [0.2, 0.25) is 0 Å². The van der Waals surface area contributed by atoms with Gasteiger partial charge in [-0.3, -0.25) is 18.7 Å². The third-order valence-corrected chi connectivity index (χ3v) is 5.81. The Labute approximate surface area is 178 Å². The summed E-state index contributed by atoms with van der Waals surface area (Å²) in [7, 11) is 1.60. The van der Waals surface area contributed by atoms with Crippen LogP contribution < -0.4 is 16.0 Å². The molecule has 4 rings (SSSR count). The van der Waals surface area contributed by atoms with E-state index in [2.05, 4.69) is 0 Å². The van der Waals surface area contributed by atoms with E-state index in [9.17, 15) is 19.6 Å². The number of fused-ring (bicyclic) bond motifs is 1. The second-order valence-corrected chi connectivity index (χ2v) is 7.60. The van der Waals surface area contributed by atoms with Gasteiger partial charge in [-0.05, 0) is 57.0 Å². The first-order valence-corrected chi connectivity index (χ1v) is 10.0. The molecule has 0 bridgehead atoms. The minimum atomic E-state index is -0.696. The van der Waals surface area contributed by atoms with E-state index in [1.54, 1.807) is 13.2 Å². The van der Waals surface area contributed by atoms with Gasteiger partial charge in [0.25, 0.3) is 5.56 Å². The summed E-state index contributed by atoms with van der Waals surface area (Å²) in [6.45, 7) is 3.75.